The van der Waals surface area contributed by atoms with Crippen molar-refractivity contribution in [2.24, 2.45) is 0 Å². The Morgan fingerprint density at radius 2 is 2.00 bits per heavy atom. The summed E-state index contributed by atoms with van der Waals surface area (Å²) in [5.74, 6) is 6.03. The van der Waals surface area contributed by atoms with Crippen LogP contribution in [0.3, 0.4) is 0 Å². The minimum Gasteiger partial charge on any atom is -0.107 e. The van der Waals surface area contributed by atoms with E-state index in [1.54, 1.807) is 0 Å². The Balaban J connectivity index is 2.53. The summed E-state index contributed by atoms with van der Waals surface area (Å²) in [5, 5.41) is 0. The summed E-state index contributed by atoms with van der Waals surface area (Å²) in [7, 11) is 0. The molecule has 1 aromatic rings. The van der Waals surface area contributed by atoms with Gasteiger partial charge in [-0.1, -0.05) is 23.8 Å². The Morgan fingerprint density at radius 3 is 2.64 bits per heavy atom. The Kier molecular flexibility index (Phi) is 4.26. The molecule has 0 unspecified atom stereocenters. The van der Waals surface area contributed by atoms with Crippen LogP contribution < -0.4 is 0 Å². The number of aryl methyl sites for hydroxylation is 3. The maximum absolute atomic E-state index is 3.10. The zero-order valence-corrected chi connectivity index (χ0v) is 9.35. The standard InChI is InChI=1S/C14H18/c1-4-5-6-7-8-14-10-9-12(2)11-13(14)3/h9-11H,6-8H2,1-3H3. The van der Waals surface area contributed by atoms with Crippen LogP contribution in [0, 0.1) is 25.7 Å². The maximum atomic E-state index is 3.10. The molecule has 0 heteroatoms. The van der Waals surface area contributed by atoms with Gasteiger partial charge in [-0.25, -0.2) is 0 Å². The van der Waals surface area contributed by atoms with Crippen molar-refractivity contribution in [3.8, 4) is 11.8 Å². The molecule has 0 saturated heterocycles. The van der Waals surface area contributed by atoms with E-state index < -0.39 is 0 Å². The highest BCUT2D eigenvalue weighted by molar-refractivity contribution is 5.30. The van der Waals surface area contributed by atoms with Gasteiger partial charge in [0.25, 0.3) is 0 Å². The van der Waals surface area contributed by atoms with Crippen molar-refractivity contribution in [3.63, 3.8) is 0 Å². The third-order valence-electron chi connectivity index (χ3n) is 2.42. The van der Waals surface area contributed by atoms with Gasteiger partial charge in [0.05, 0.1) is 0 Å². The summed E-state index contributed by atoms with van der Waals surface area (Å²) in [5.41, 5.74) is 4.22. The molecule has 74 valence electrons. The number of benzene rings is 1. The third kappa shape index (κ3) is 3.26. The average Bonchev–Trinajstić information content (AvgIpc) is 2.15. The Morgan fingerprint density at radius 1 is 1.21 bits per heavy atom. The van der Waals surface area contributed by atoms with Crippen LogP contribution in [0.5, 0.6) is 0 Å². The van der Waals surface area contributed by atoms with Gasteiger partial charge in [-0.2, -0.15) is 0 Å². The molecule has 0 aliphatic heterocycles. The minimum absolute atomic E-state index is 1.02. The zero-order chi connectivity index (χ0) is 10.4. The number of hydrogen-bond acceptors (Lipinski definition) is 0. The quantitative estimate of drug-likeness (QED) is 0.499. The fourth-order valence-corrected chi connectivity index (χ4v) is 1.62. The van der Waals surface area contributed by atoms with E-state index in [9.17, 15) is 0 Å². The first-order valence-corrected chi connectivity index (χ1v) is 5.20. The molecule has 0 heterocycles. The number of hydrogen-bond donors (Lipinski definition) is 0. The fraction of sp³-hybridized carbons (Fsp3) is 0.429. The zero-order valence-electron chi connectivity index (χ0n) is 9.35. The molecule has 0 aliphatic carbocycles. The predicted octanol–water partition coefficient (Wildman–Crippen LogP) is 3.65. The second-order valence-electron chi connectivity index (χ2n) is 3.71. The van der Waals surface area contributed by atoms with Crippen molar-refractivity contribution in [3.05, 3.63) is 34.9 Å². The van der Waals surface area contributed by atoms with Gasteiger partial charge in [-0.15, -0.1) is 11.8 Å². The third-order valence-corrected chi connectivity index (χ3v) is 2.42. The average molecular weight is 186 g/mol. The molecule has 0 nitrogen and oxygen atoms in total. The smallest absolute Gasteiger partial charge is 0.00917 e. The van der Waals surface area contributed by atoms with Crippen LogP contribution in [-0.2, 0) is 6.42 Å². The largest absolute Gasteiger partial charge is 0.107 e. The molecule has 0 aromatic heterocycles. The highest BCUT2D eigenvalue weighted by Crippen LogP contribution is 2.12. The lowest BCUT2D eigenvalue weighted by molar-refractivity contribution is 0.851. The van der Waals surface area contributed by atoms with Crippen LogP contribution in [-0.4, -0.2) is 0 Å². The van der Waals surface area contributed by atoms with Gasteiger partial charge in [0.1, 0.15) is 0 Å². The lowest BCUT2D eigenvalue weighted by Crippen LogP contribution is -1.90. The van der Waals surface area contributed by atoms with Gasteiger partial charge >= 0.3 is 0 Å². The molecule has 0 spiro atoms. The summed E-state index contributed by atoms with van der Waals surface area (Å²) in [6.07, 6.45) is 3.34. The monoisotopic (exact) mass is 186 g/mol. The molecular weight excluding hydrogens is 168 g/mol. The summed E-state index contributed by atoms with van der Waals surface area (Å²) in [4.78, 5) is 0. The molecule has 0 aliphatic rings. The van der Waals surface area contributed by atoms with Crippen LogP contribution in [0.25, 0.3) is 0 Å². The SMILES string of the molecule is CC#CCCCc1ccc(C)cc1C. The van der Waals surface area contributed by atoms with Crippen molar-refractivity contribution in [1.29, 1.82) is 0 Å². The van der Waals surface area contributed by atoms with Crippen LogP contribution in [0.4, 0.5) is 0 Å². The lowest BCUT2D eigenvalue weighted by atomic mass is 10.0. The second kappa shape index (κ2) is 5.50. The van der Waals surface area contributed by atoms with Crippen molar-refractivity contribution in [2.45, 2.75) is 40.0 Å². The van der Waals surface area contributed by atoms with E-state index in [0.717, 1.165) is 12.8 Å². The first kappa shape index (κ1) is 10.9. The van der Waals surface area contributed by atoms with Crippen LogP contribution in [0.1, 0.15) is 36.5 Å². The predicted molar refractivity (Wildman–Crippen MR) is 62.3 cm³/mol. The molecule has 0 saturated carbocycles. The van der Waals surface area contributed by atoms with Crippen molar-refractivity contribution in [1.82, 2.24) is 0 Å². The van der Waals surface area contributed by atoms with E-state index in [4.69, 9.17) is 0 Å². The van der Waals surface area contributed by atoms with Gasteiger partial charge in [-0.05, 0) is 44.7 Å². The van der Waals surface area contributed by atoms with Gasteiger partial charge < -0.3 is 0 Å². The van der Waals surface area contributed by atoms with Crippen LogP contribution >= 0.6 is 0 Å². The van der Waals surface area contributed by atoms with Gasteiger partial charge in [0.15, 0.2) is 0 Å². The van der Waals surface area contributed by atoms with E-state index in [1.807, 2.05) is 6.92 Å². The van der Waals surface area contributed by atoms with Crippen LogP contribution in [0.15, 0.2) is 18.2 Å². The normalized spacial score (nSPS) is 9.36. The maximum Gasteiger partial charge on any atom is 0.00917 e. The van der Waals surface area contributed by atoms with Gasteiger partial charge in [0, 0.05) is 6.42 Å². The summed E-state index contributed by atoms with van der Waals surface area (Å²) in [6, 6.07) is 6.68. The summed E-state index contributed by atoms with van der Waals surface area (Å²) >= 11 is 0. The topological polar surface area (TPSA) is 0 Å². The molecule has 0 N–H and O–H groups in total. The molecule has 0 fully saturated rings. The Labute approximate surface area is 87.4 Å². The van der Waals surface area contributed by atoms with Crippen LogP contribution in [0.2, 0.25) is 0 Å². The highest BCUT2D eigenvalue weighted by Gasteiger charge is 1.97. The van der Waals surface area contributed by atoms with Crippen molar-refractivity contribution >= 4 is 0 Å². The van der Waals surface area contributed by atoms with E-state index in [1.165, 1.54) is 23.1 Å². The molecule has 0 bridgehead atoms. The molecule has 0 atom stereocenters. The molecule has 1 aromatic carbocycles. The summed E-state index contributed by atoms with van der Waals surface area (Å²) < 4.78 is 0. The Hall–Kier alpha value is -1.22. The van der Waals surface area contributed by atoms with Crippen molar-refractivity contribution in [2.75, 3.05) is 0 Å². The van der Waals surface area contributed by atoms with E-state index in [-0.39, 0.29) is 0 Å². The molecule has 0 amide bonds. The first-order valence-electron chi connectivity index (χ1n) is 5.20. The lowest BCUT2D eigenvalue weighted by Gasteiger charge is -2.05. The molecular formula is C14H18. The van der Waals surface area contributed by atoms with E-state index in [2.05, 4.69) is 43.9 Å². The minimum atomic E-state index is 1.02. The molecule has 0 radical (unpaired) electrons. The molecule has 14 heavy (non-hydrogen) atoms. The second-order valence-corrected chi connectivity index (χ2v) is 3.71. The highest BCUT2D eigenvalue weighted by atomic mass is 14.0. The Bertz CT molecular complexity index is 350. The van der Waals surface area contributed by atoms with Gasteiger partial charge in [-0.3, -0.25) is 0 Å². The molecule has 1 rings (SSSR count). The van der Waals surface area contributed by atoms with E-state index in [0.29, 0.717) is 0 Å². The van der Waals surface area contributed by atoms with E-state index >= 15 is 0 Å². The first-order chi connectivity index (χ1) is 6.74. The fourth-order valence-electron chi connectivity index (χ4n) is 1.62. The van der Waals surface area contributed by atoms with Crippen molar-refractivity contribution < 1.29 is 0 Å². The van der Waals surface area contributed by atoms with Gasteiger partial charge in [0.2, 0.25) is 0 Å². The number of unbranched alkanes of at least 4 members (excludes halogenated alkanes) is 1. The summed E-state index contributed by atoms with van der Waals surface area (Å²) in [6.45, 7) is 6.23. The number of rotatable bonds is 3.